The number of rotatable bonds is 2. The van der Waals surface area contributed by atoms with Gasteiger partial charge < -0.3 is 16.0 Å². The molecule has 2 heterocycles. The van der Waals surface area contributed by atoms with Gasteiger partial charge in [-0.1, -0.05) is 30.3 Å². The van der Waals surface area contributed by atoms with E-state index >= 15 is 0 Å². The van der Waals surface area contributed by atoms with E-state index < -0.39 is 0 Å². The maximum Gasteiger partial charge on any atom is 0.0926 e. The molecule has 4 nitrogen and oxygen atoms in total. The first kappa shape index (κ1) is 10.5. The molecule has 2 aromatic rings. The zero-order valence-corrected chi connectivity index (χ0v) is 9.56. The Kier molecular flexibility index (Phi) is 2.66. The van der Waals surface area contributed by atoms with Gasteiger partial charge in [0, 0.05) is 24.7 Å². The molecule has 3 rings (SSSR count). The molecule has 4 N–H and O–H groups in total. The number of nitrogens with zero attached hydrogens (tertiary/aromatic N) is 1. The van der Waals surface area contributed by atoms with Crippen molar-refractivity contribution >= 4 is 0 Å². The highest BCUT2D eigenvalue weighted by molar-refractivity contribution is 5.32. The average Bonchev–Trinajstić information content (AvgIpc) is 2.86. The van der Waals surface area contributed by atoms with E-state index in [1.54, 1.807) is 6.33 Å². The molecule has 4 heteroatoms. The van der Waals surface area contributed by atoms with Crippen molar-refractivity contribution in [3.63, 3.8) is 0 Å². The van der Waals surface area contributed by atoms with E-state index in [-0.39, 0.29) is 6.04 Å². The summed E-state index contributed by atoms with van der Waals surface area (Å²) in [5.41, 5.74) is 9.31. The normalized spacial score (nSPS) is 23.4. The molecular formula is C13H16N4. The lowest BCUT2D eigenvalue weighted by atomic mass is 9.94. The number of benzene rings is 1. The Morgan fingerprint density at radius 1 is 1.29 bits per heavy atom. The van der Waals surface area contributed by atoms with Crippen LogP contribution in [0.4, 0.5) is 0 Å². The first-order chi connectivity index (χ1) is 8.38. The molecule has 1 aliphatic rings. The zero-order chi connectivity index (χ0) is 11.7. The van der Waals surface area contributed by atoms with Crippen molar-refractivity contribution in [3.05, 3.63) is 53.6 Å². The largest absolute Gasteiger partial charge is 0.348 e. The van der Waals surface area contributed by atoms with Gasteiger partial charge in [-0.3, -0.25) is 0 Å². The molecule has 88 valence electrons. The predicted octanol–water partition coefficient (Wildman–Crippen LogP) is 0.972. The van der Waals surface area contributed by atoms with Crippen LogP contribution < -0.4 is 11.1 Å². The number of nitrogens with two attached hydrogens (primary N) is 1. The molecule has 0 saturated carbocycles. The van der Waals surface area contributed by atoms with Gasteiger partial charge in [0.25, 0.3) is 0 Å². The number of aromatic amines is 1. The van der Waals surface area contributed by atoms with Crippen LogP contribution in [0.15, 0.2) is 36.7 Å². The standard InChI is InChI=1S/C13H16N4/c14-7-10-6-11-13(16-8-15-11)12(17-10)9-4-2-1-3-5-9/h1-5,8,10,12,17H,6-7,14H2,(H,15,16). The van der Waals surface area contributed by atoms with E-state index in [9.17, 15) is 0 Å². The molecule has 17 heavy (non-hydrogen) atoms. The second kappa shape index (κ2) is 4.31. The monoisotopic (exact) mass is 228 g/mol. The van der Waals surface area contributed by atoms with Crippen molar-refractivity contribution in [3.8, 4) is 0 Å². The van der Waals surface area contributed by atoms with E-state index in [1.807, 2.05) is 6.07 Å². The van der Waals surface area contributed by atoms with Gasteiger partial charge in [0.15, 0.2) is 0 Å². The highest BCUT2D eigenvalue weighted by atomic mass is 15.0. The Labute approximate surface area is 100 Å². The minimum absolute atomic E-state index is 0.153. The summed E-state index contributed by atoms with van der Waals surface area (Å²) >= 11 is 0. The van der Waals surface area contributed by atoms with Gasteiger partial charge in [0.1, 0.15) is 0 Å². The van der Waals surface area contributed by atoms with Gasteiger partial charge in [-0.25, -0.2) is 4.98 Å². The van der Waals surface area contributed by atoms with Gasteiger partial charge in [-0.15, -0.1) is 0 Å². The minimum atomic E-state index is 0.153. The molecule has 0 bridgehead atoms. The first-order valence-electron chi connectivity index (χ1n) is 5.91. The lowest BCUT2D eigenvalue weighted by molar-refractivity contribution is 0.435. The lowest BCUT2D eigenvalue weighted by Crippen LogP contribution is -2.44. The average molecular weight is 228 g/mol. The van der Waals surface area contributed by atoms with Crippen LogP contribution in [-0.2, 0) is 6.42 Å². The van der Waals surface area contributed by atoms with Crippen molar-refractivity contribution in [2.45, 2.75) is 18.5 Å². The van der Waals surface area contributed by atoms with Crippen LogP contribution in [0, 0.1) is 0 Å². The third kappa shape index (κ3) is 1.85. The fraction of sp³-hybridized carbons (Fsp3) is 0.308. The maximum atomic E-state index is 5.77. The first-order valence-corrected chi connectivity index (χ1v) is 5.91. The maximum absolute atomic E-state index is 5.77. The van der Waals surface area contributed by atoms with Gasteiger partial charge in [0.2, 0.25) is 0 Å². The minimum Gasteiger partial charge on any atom is -0.348 e. The molecule has 2 atom stereocenters. The highest BCUT2D eigenvalue weighted by Crippen LogP contribution is 2.27. The Balaban J connectivity index is 2.00. The van der Waals surface area contributed by atoms with Gasteiger partial charge in [0.05, 0.1) is 18.1 Å². The Hall–Kier alpha value is -1.65. The third-order valence-electron chi connectivity index (χ3n) is 3.30. The number of fused-ring (bicyclic) bond motifs is 1. The fourth-order valence-electron chi connectivity index (χ4n) is 2.41. The smallest absolute Gasteiger partial charge is 0.0926 e. The Morgan fingerprint density at radius 3 is 2.88 bits per heavy atom. The van der Waals surface area contributed by atoms with Crippen molar-refractivity contribution in [1.29, 1.82) is 0 Å². The molecule has 0 fully saturated rings. The van der Waals surface area contributed by atoms with E-state index in [0.29, 0.717) is 12.6 Å². The third-order valence-corrected chi connectivity index (χ3v) is 3.30. The topological polar surface area (TPSA) is 66.7 Å². The molecule has 1 aromatic heterocycles. The van der Waals surface area contributed by atoms with Crippen molar-refractivity contribution in [1.82, 2.24) is 15.3 Å². The van der Waals surface area contributed by atoms with Crippen molar-refractivity contribution < 1.29 is 0 Å². The quantitative estimate of drug-likeness (QED) is 0.717. The highest BCUT2D eigenvalue weighted by Gasteiger charge is 2.28. The summed E-state index contributed by atoms with van der Waals surface area (Å²) in [6.07, 6.45) is 2.69. The number of H-pyrrole nitrogens is 1. The summed E-state index contributed by atoms with van der Waals surface area (Å²) in [5, 5.41) is 3.55. The van der Waals surface area contributed by atoms with E-state index in [2.05, 4.69) is 39.6 Å². The zero-order valence-electron chi connectivity index (χ0n) is 9.56. The molecule has 0 aliphatic carbocycles. The molecular weight excluding hydrogens is 212 g/mol. The summed E-state index contributed by atoms with van der Waals surface area (Å²) in [6.45, 7) is 0.641. The Morgan fingerprint density at radius 2 is 2.12 bits per heavy atom. The summed E-state index contributed by atoms with van der Waals surface area (Å²) < 4.78 is 0. The van der Waals surface area contributed by atoms with Crippen LogP contribution in [0.25, 0.3) is 0 Å². The number of hydrogen-bond donors (Lipinski definition) is 3. The predicted molar refractivity (Wildman–Crippen MR) is 66.6 cm³/mol. The summed E-state index contributed by atoms with van der Waals surface area (Å²) in [6, 6.07) is 10.8. The molecule has 0 radical (unpaired) electrons. The van der Waals surface area contributed by atoms with Gasteiger partial charge in [-0.05, 0) is 5.56 Å². The van der Waals surface area contributed by atoms with Crippen LogP contribution in [0.1, 0.15) is 23.0 Å². The lowest BCUT2D eigenvalue weighted by Gasteiger charge is -2.29. The van der Waals surface area contributed by atoms with Gasteiger partial charge in [-0.2, -0.15) is 0 Å². The number of hydrogen-bond acceptors (Lipinski definition) is 3. The number of aromatic nitrogens is 2. The molecule has 2 unspecified atom stereocenters. The SMILES string of the molecule is NCC1Cc2[nH]cnc2C(c2ccccc2)N1. The molecule has 0 amide bonds. The van der Waals surface area contributed by atoms with Crippen molar-refractivity contribution in [2.75, 3.05) is 6.54 Å². The van der Waals surface area contributed by atoms with E-state index in [0.717, 1.165) is 12.1 Å². The molecule has 1 aromatic carbocycles. The molecule has 1 aliphatic heterocycles. The van der Waals surface area contributed by atoms with E-state index in [4.69, 9.17) is 5.73 Å². The Bertz CT molecular complexity index is 491. The second-order valence-electron chi connectivity index (χ2n) is 4.41. The second-order valence-corrected chi connectivity index (χ2v) is 4.41. The number of imidazole rings is 1. The fourth-order valence-corrected chi connectivity index (χ4v) is 2.41. The number of nitrogens with one attached hydrogen (secondary N) is 2. The van der Waals surface area contributed by atoms with Crippen molar-refractivity contribution in [2.24, 2.45) is 5.73 Å². The molecule has 0 spiro atoms. The van der Waals surface area contributed by atoms with Crippen LogP contribution in [0.3, 0.4) is 0 Å². The van der Waals surface area contributed by atoms with E-state index in [1.165, 1.54) is 11.3 Å². The summed E-state index contributed by atoms with van der Waals surface area (Å²) in [7, 11) is 0. The molecule has 0 saturated heterocycles. The summed E-state index contributed by atoms with van der Waals surface area (Å²) in [4.78, 5) is 7.64. The summed E-state index contributed by atoms with van der Waals surface area (Å²) in [5.74, 6) is 0. The van der Waals surface area contributed by atoms with Gasteiger partial charge >= 0.3 is 0 Å². The van der Waals surface area contributed by atoms with Crippen LogP contribution in [-0.4, -0.2) is 22.6 Å². The van der Waals surface area contributed by atoms with Crippen LogP contribution in [0.2, 0.25) is 0 Å². The van der Waals surface area contributed by atoms with Crippen LogP contribution in [0.5, 0.6) is 0 Å². The van der Waals surface area contributed by atoms with Crippen LogP contribution >= 0.6 is 0 Å².